The second-order valence-electron chi connectivity index (χ2n) is 5.76. The van der Waals surface area contributed by atoms with Crippen molar-refractivity contribution < 1.29 is 4.79 Å². The maximum atomic E-state index is 11.3. The second kappa shape index (κ2) is 7.39. The van der Waals surface area contributed by atoms with Crippen molar-refractivity contribution in [3.63, 3.8) is 0 Å². The largest absolute Gasteiger partial charge is 0.370 e. The number of nitrogens with two attached hydrogens (primary N) is 1. The second-order valence-corrected chi connectivity index (χ2v) is 6.91. The van der Waals surface area contributed by atoms with E-state index in [4.69, 9.17) is 5.73 Å². The number of rotatable bonds is 5. The molecule has 2 atom stereocenters. The Morgan fingerprint density at radius 3 is 2.61 bits per heavy atom. The van der Waals surface area contributed by atoms with Crippen LogP contribution in [0.5, 0.6) is 0 Å². The molecule has 1 amide bonds. The lowest BCUT2D eigenvalue weighted by Crippen LogP contribution is -2.47. The topological polar surface area (TPSA) is 55.1 Å². The van der Waals surface area contributed by atoms with E-state index in [2.05, 4.69) is 5.32 Å². The van der Waals surface area contributed by atoms with Crippen molar-refractivity contribution in [3.05, 3.63) is 0 Å². The zero-order valence-electron chi connectivity index (χ0n) is 11.2. The molecule has 18 heavy (non-hydrogen) atoms. The summed E-state index contributed by atoms with van der Waals surface area (Å²) in [5.41, 5.74) is 5.42. The quantitative estimate of drug-likeness (QED) is 0.806. The highest BCUT2D eigenvalue weighted by molar-refractivity contribution is 7.99. The summed E-state index contributed by atoms with van der Waals surface area (Å²) in [4.78, 5) is 11.3. The lowest BCUT2D eigenvalue weighted by Gasteiger charge is -2.34. The number of carbonyl (C=O) groups is 1. The van der Waals surface area contributed by atoms with Gasteiger partial charge in [0.05, 0.1) is 0 Å². The molecule has 0 aromatic carbocycles. The Balaban J connectivity index is 1.88. The van der Waals surface area contributed by atoms with Gasteiger partial charge >= 0.3 is 0 Å². The fraction of sp³-hybridized carbons (Fsp3) is 0.929. The average molecular weight is 270 g/mol. The van der Waals surface area contributed by atoms with E-state index in [1.165, 1.54) is 56.5 Å². The van der Waals surface area contributed by atoms with Crippen molar-refractivity contribution >= 4 is 17.7 Å². The first-order valence-corrected chi connectivity index (χ1v) is 8.53. The summed E-state index contributed by atoms with van der Waals surface area (Å²) in [5, 5.41) is 3.74. The van der Waals surface area contributed by atoms with Gasteiger partial charge in [-0.3, -0.25) is 4.79 Å². The normalized spacial score (nSPS) is 27.9. The van der Waals surface area contributed by atoms with Crippen molar-refractivity contribution in [1.29, 1.82) is 0 Å². The molecule has 1 saturated carbocycles. The van der Waals surface area contributed by atoms with Crippen molar-refractivity contribution in [3.8, 4) is 0 Å². The third-order valence-electron chi connectivity index (χ3n) is 4.25. The van der Waals surface area contributed by atoms with Gasteiger partial charge in [0, 0.05) is 24.3 Å². The molecular formula is C14H26N2OS. The lowest BCUT2D eigenvalue weighted by atomic mass is 9.82. The van der Waals surface area contributed by atoms with E-state index in [0.29, 0.717) is 24.4 Å². The van der Waals surface area contributed by atoms with Crippen LogP contribution in [0.4, 0.5) is 0 Å². The first-order chi connectivity index (χ1) is 8.75. The van der Waals surface area contributed by atoms with Gasteiger partial charge < -0.3 is 11.1 Å². The Morgan fingerprint density at radius 1 is 1.22 bits per heavy atom. The number of hydrogen-bond acceptors (Lipinski definition) is 3. The number of nitrogens with one attached hydrogen (secondary N) is 1. The highest BCUT2D eigenvalue weighted by Gasteiger charge is 2.27. The van der Waals surface area contributed by atoms with E-state index < -0.39 is 0 Å². The van der Waals surface area contributed by atoms with Gasteiger partial charge in [0.1, 0.15) is 0 Å². The highest BCUT2D eigenvalue weighted by atomic mass is 32.2. The van der Waals surface area contributed by atoms with E-state index in [1.807, 2.05) is 11.8 Å². The predicted molar refractivity (Wildman–Crippen MR) is 77.7 cm³/mol. The van der Waals surface area contributed by atoms with Gasteiger partial charge in [-0.2, -0.15) is 11.8 Å². The summed E-state index contributed by atoms with van der Waals surface area (Å²) in [6.45, 7) is 0. The van der Waals surface area contributed by atoms with Gasteiger partial charge in [-0.1, -0.05) is 19.3 Å². The molecule has 1 heterocycles. The van der Waals surface area contributed by atoms with E-state index in [-0.39, 0.29) is 5.91 Å². The van der Waals surface area contributed by atoms with Crippen LogP contribution in [-0.4, -0.2) is 29.5 Å². The first kappa shape index (κ1) is 14.2. The van der Waals surface area contributed by atoms with Crippen LogP contribution in [0.1, 0.15) is 51.4 Å². The van der Waals surface area contributed by atoms with E-state index in [0.717, 1.165) is 0 Å². The summed E-state index contributed by atoms with van der Waals surface area (Å²) < 4.78 is 0. The Kier molecular flexibility index (Phi) is 5.83. The molecule has 0 spiro atoms. The number of primary amides is 1. The van der Waals surface area contributed by atoms with E-state index >= 15 is 0 Å². The Hall–Kier alpha value is -0.220. The van der Waals surface area contributed by atoms with Crippen molar-refractivity contribution in [1.82, 2.24) is 5.32 Å². The van der Waals surface area contributed by atoms with Gasteiger partial charge in [-0.05, 0) is 37.4 Å². The van der Waals surface area contributed by atoms with Crippen molar-refractivity contribution in [2.45, 2.75) is 63.5 Å². The molecule has 3 nitrogen and oxygen atoms in total. The molecule has 4 heteroatoms. The Labute approximate surface area is 115 Å². The molecule has 1 saturated heterocycles. The molecule has 104 valence electrons. The van der Waals surface area contributed by atoms with E-state index in [9.17, 15) is 4.79 Å². The molecule has 3 N–H and O–H groups in total. The van der Waals surface area contributed by atoms with Crippen LogP contribution in [0.3, 0.4) is 0 Å². The minimum absolute atomic E-state index is 0.151. The molecular weight excluding hydrogens is 244 g/mol. The molecule has 0 unspecified atom stereocenters. The van der Waals surface area contributed by atoms with Gasteiger partial charge in [-0.25, -0.2) is 0 Å². The molecule has 0 aromatic rings. The smallest absolute Gasteiger partial charge is 0.218 e. The zero-order valence-corrected chi connectivity index (χ0v) is 12.0. The molecule has 1 aliphatic carbocycles. The molecule has 0 aromatic heterocycles. The molecule has 2 rings (SSSR count). The maximum Gasteiger partial charge on any atom is 0.218 e. The third-order valence-corrected chi connectivity index (χ3v) is 5.47. The Bertz CT molecular complexity index is 261. The number of amides is 1. The number of thioether (sulfide) groups is 1. The molecule has 1 aliphatic heterocycles. The molecule has 0 radical (unpaired) electrons. The fourth-order valence-electron chi connectivity index (χ4n) is 3.29. The van der Waals surface area contributed by atoms with Crippen LogP contribution in [-0.2, 0) is 4.79 Å². The summed E-state index contributed by atoms with van der Waals surface area (Å²) in [6.07, 6.45) is 9.62. The van der Waals surface area contributed by atoms with Crippen LogP contribution in [0.15, 0.2) is 0 Å². The standard InChI is InChI=1S/C14H26N2OS/c15-14(17)9-13(11-5-2-1-3-6-11)16-12-7-4-8-18-10-12/h11-13,16H,1-10H2,(H2,15,17)/t12-,13-/m1/s1. The third kappa shape index (κ3) is 4.47. The lowest BCUT2D eigenvalue weighted by molar-refractivity contribution is -0.118. The fourth-order valence-corrected chi connectivity index (χ4v) is 4.37. The van der Waals surface area contributed by atoms with Gasteiger partial charge in [0.25, 0.3) is 0 Å². The molecule has 0 bridgehead atoms. The van der Waals surface area contributed by atoms with Crippen molar-refractivity contribution in [2.24, 2.45) is 11.7 Å². The highest BCUT2D eigenvalue weighted by Crippen LogP contribution is 2.29. The zero-order chi connectivity index (χ0) is 12.8. The molecule has 2 fully saturated rings. The monoisotopic (exact) mass is 270 g/mol. The van der Waals surface area contributed by atoms with Crippen LogP contribution in [0.2, 0.25) is 0 Å². The van der Waals surface area contributed by atoms with E-state index in [1.54, 1.807) is 0 Å². The van der Waals surface area contributed by atoms with Crippen LogP contribution in [0, 0.1) is 5.92 Å². The van der Waals surface area contributed by atoms with Gasteiger partial charge in [0.15, 0.2) is 0 Å². The van der Waals surface area contributed by atoms with Crippen LogP contribution < -0.4 is 11.1 Å². The van der Waals surface area contributed by atoms with Crippen molar-refractivity contribution in [2.75, 3.05) is 11.5 Å². The maximum absolute atomic E-state index is 11.3. The summed E-state index contributed by atoms with van der Waals surface area (Å²) in [6, 6.07) is 0.918. The van der Waals surface area contributed by atoms with Crippen LogP contribution in [0.25, 0.3) is 0 Å². The average Bonchev–Trinajstić information content (AvgIpc) is 2.40. The minimum Gasteiger partial charge on any atom is -0.370 e. The predicted octanol–water partition coefficient (Wildman–Crippen LogP) is 2.30. The minimum atomic E-state index is -0.151. The summed E-state index contributed by atoms with van der Waals surface area (Å²) >= 11 is 2.03. The Morgan fingerprint density at radius 2 is 2.00 bits per heavy atom. The first-order valence-electron chi connectivity index (χ1n) is 7.38. The number of carbonyl (C=O) groups excluding carboxylic acids is 1. The van der Waals surface area contributed by atoms with Gasteiger partial charge in [0.2, 0.25) is 5.91 Å². The number of hydrogen-bond donors (Lipinski definition) is 2. The SMILES string of the molecule is NC(=O)C[C@@H](N[C@@H]1CCCSC1)C1CCCCC1. The summed E-state index contributed by atoms with van der Waals surface area (Å²) in [7, 11) is 0. The van der Waals surface area contributed by atoms with Crippen LogP contribution >= 0.6 is 11.8 Å². The molecule has 2 aliphatic rings. The summed E-state index contributed by atoms with van der Waals surface area (Å²) in [5.74, 6) is 3.00. The van der Waals surface area contributed by atoms with Gasteiger partial charge in [-0.15, -0.1) is 0 Å².